The van der Waals surface area contributed by atoms with Crippen LogP contribution in [0.15, 0.2) is 12.4 Å². The Morgan fingerprint density at radius 1 is 1.53 bits per heavy atom. The van der Waals surface area contributed by atoms with Gasteiger partial charge in [0.15, 0.2) is 0 Å². The van der Waals surface area contributed by atoms with Crippen molar-refractivity contribution in [3.8, 4) is 0 Å². The van der Waals surface area contributed by atoms with Crippen LogP contribution in [0.3, 0.4) is 0 Å². The minimum Gasteiger partial charge on any atom is -0.395 e. The van der Waals surface area contributed by atoms with Crippen molar-refractivity contribution in [1.29, 1.82) is 0 Å². The lowest BCUT2D eigenvalue weighted by Gasteiger charge is -2.20. The minimum absolute atomic E-state index is 0.161. The summed E-state index contributed by atoms with van der Waals surface area (Å²) in [5, 5.41) is 8.92. The minimum atomic E-state index is 0.161. The van der Waals surface area contributed by atoms with Gasteiger partial charge in [-0.05, 0) is 0 Å². The van der Waals surface area contributed by atoms with Gasteiger partial charge in [-0.15, -0.1) is 0 Å². The quantitative estimate of drug-likeness (QED) is 0.685. The lowest BCUT2D eigenvalue weighted by molar-refractivity contribution is 0.124. The van der Waals surface area contributed by atoms with E-state index in [1.54, 1.807) is 13.3 Å². The molecule has 0 aliphatic rings. The molecule has 0 aliphatic carbocycles. The van der Waals surface area contributed by atoms with Crippen LogP contribution in [0.25, 0.3) is 0 Å². The van der Waals surface area contributed by atoms with Crippen molar-refractivity contribution < 1.29 is 9.84 Å². The molecular weight excluding hydrogens is 194 g/mol. The molecule has 0 bridgehead atoms. The van der Waals surface area contributed by atoms with E-state index in [0.717, 1.165) is 18.9 Å². The van der Waals surface area contributed by atoms with Gasteiger partial charge in [-0.3, -0.25) is 4.90 Å². The Hall–Kier alpha value is -0.910. The van der Waals surface area contributed by atoms with Crippen molar-refractivity contribution in [2.24, 2.45) is 7.05 Å². The third kappa shape index (κ3) is 3.99. The van der Waals surface area contributed by atoms with Crippen LogP contribution in [0, 0.1) is 0 Å². The number of ether oxygens (including phenoxy) is 1. The van der Waals surface area contributed by atoms with Crippen molar-refractivity contribution in [2.75, 3.05) is 33.4 Å². The molecule has 1 aromatic heterocycles. The number of aryl methyl sites for hydroxylation is 1. The zero-order valence-corrected chi connectivity index (χ0v) is 9.39. The van der Waals surface area contributed by atoms with Crippen LogP contribution in [0.5, 0.6) is 0 Å². The largest absolute Gasteiger partial charge is 0.395 e. The topological polar surface area (TPSA) is 50.5 Å². The molecule has 0 saturated heterocycles. The number of rotatable bonds is 7. The maximum absolute atomic E-state index is 8.92. The summed E-state index contributed by atoms with van der Waals surface area (Å²) < 4.78 is 7.00. The number of nitrogens with zero attached hydrogens (tertiary/aromatic N) is 3. The highest BCUT2D eigenvalue weighted by atomic mass is 16.5. The smallest absolute Gasteiger partial charge is 0.122 e. The summed E-state index contributed by atoms with van der Waals surface area (Å²) in [5.74, 6) is 1.000. The number of aliphatic hydroxyl groups is 1. The molecule has 1 aromatic rings. The molecule has 0 saturated carbocycles. The second-order valence-electron chi connectivity index (χ2n) is 3.45. The molecule has 0 spiro atoms. The molecule has 5 heteroatoms. The lowest BCUT2D eigenvalue weighted by Crippen LogP contribution is -2.30. The van der Waals surface area contributed by atoms with Gasteiger partial charge in [-0.25, -0.2) is 4.98 Å². The molecule has 0 radical (unpaired) electrons. The highest BCUT2D eigenvalue weighted by Gasteiger charge is 2.07. The standard InChI is InChI=1S/C10H19N3O2/c1-12-4-3-11-10(12)9-13(5-7-14)6-8-15-2/h3-4,14H,5-9H2,1-2H3. The van der Waals surface area contributed by atoms with Gasteiger partial charge in [0.05, 0.1) is 19.8 Å². The summed E-state index contributed by atoms with van der Waals surface area (Å²) in [7, 11) is 3.65. The first-order valence-corrected chi connectivity index (χ1v) is 5.06. The number of aliphatic hydroxyl groups excluding tert-OH is 1. The fraction of sp³-hybridized carbons (Fsp3) is 0.700. The fourth-order valence-corrected chi connectivity index (χ4v) is 1.38. The molecule has 1 N–H and O–H groups in total. The molecule has 1 heterocycles. The van der Waals surface area contributed by atoms with Crippen molar-refractivity contribution in [2.45, 2.75) is 6.54 Å². The third-order valence-electron chi connectivity index (χ3n) is 2.31. The molecular formula is C10H19N3O2. The predicted octanol–water partition coefficient (Wildman–Crippen LogP) is -0.139. The van der Waals surface area contributed by atoms with Gasteiger partial charge in [0.1, 0.15) is 5.82 Å². The summed E-state index contributed by atoms with van der Waals surface area (Å²) in [4.78, 5) is 6.36. The van der Waals surface area contributed by atoms with Gasteiger partial charge in [-0.2, -0.15) is 0 Å². The van der Waals surface area contributed by atoms with Crippen molar-refractivity contribution in [3.63, 3.8) is 0 Å². The Kier molecular flexibility index (Phi) is 5.31. The van der Waals surface area contributed by atoms with Crippen molar-refractivity contribution in [3.05, 3.63) is 18.2 Å². The van der Waals surface area contributed by atoms with Gasteiger partial charge < -0.3 is 14.4 Å². The molecule has 15 heavy (non-hydrogen) atoms. The predicted molar refractivity (Wildman–Crippen MR) is 57.4 cm³/mol. The van der Waals surface area contributed by atoms with Crippen LogP contribution in [-0.4, -0.2) is 53.0 Å². The highest BCUT2D eigenvalue weighted by molar-refractivity contribution is 4.90. The zero-order valence-electron chi connectivity index (χ0n) is 9.39. The molecule has 0 aliphatic heterocycles. The van der Waals surface area contributed by atoms with Crippen LogP contribution < -0.4 is 0 Å². The normalized spacial score (nSPS) is 11.2. The zero-order chi connectivity index (χ0) is 11.1. The maximum Gasteiger partial charge on any atom is 0.122 e. The van der Waals surface area contributed by atoms with E-state index in [1.807, 2.05) is 17.8 Å². The van der Waals surface area contributed by atoms with E-state index in [1.165, 1.54) is 0 Å². The second kappa shape index (κ2) is 6.55. The molecule has 5 nitrogen and oxygen atoms in total. The van der Waals surface area contributed by atoms with Crippen LogP contribution in [0.2, 0.25) is 0 Å². The van der Waals surface area contributed by atoms with E-state index in [0.29, 0.717) is 13.2 Å². The van der Waals surface area contributed by atoms with E-state index < -0.39 is 0 Å². The molecule has 0 atom stereocenters. The van der Waals surface area contributed by atoms with Crippen molar-refractivity contribution in [1.82, 2.24) is 14.5 Å². The SMILES string of the molecule is COCCN(CCO)Cc1nccn1C. The second-order valence-corrected chi connectivity index (χ2v) is 3.45. The van der Waals surface area contributed by atoms with Crippen LogP contribution in [0.1, 0.15) is 5.82 Å². The first-order valence-electron chi connectivity index (χ1n) is 5.06. The summed E-state index contributed by atoms with van der Waals surface area (Å²) >= 11 is 0. The average molecular weight is 213 g/mol. The molecule has 0 aromatic carbocycles. The third-order valence-corrected chi connectivity index (χ3v) is 2.31. The first-order chi connectivity index (χ1) is 7.27. The molecule has 0 fully saturated rings. The van der Waals surface area contributed by atoms with E-state index in [4.69, 9.17) is 9.84 Å². The van der Waals surface area contributed by atoms with E-state index in [-0.39, 0.29) is 6.61 Å². The number of hydrogen-bond acceptors (Lipinski definition) is 4. The Morgan fingerprint density at radius 3 is 2.87 bits per heavy atom. The van der Waals surface area contributed by atoms with Gasteiger partial charge in [-0.1, -0.05) is 0 Å². The van der Waals surface area contributed by atoms with E-state index in [2.05, 4.69) is 9.88 Å². The van der Waals surface area contributed by atoms with Gasteiger partial charge in [0.25, 0.3) is 0 Å². The summed E-state index contributed by atoms with van der Waals surface area (Å²) in [5.41, 5.74) is 0. The van der Waals surface area contributed by atoms with Crippen LogP contribution in [-0.2, 0) is 18.3 Å². The molecule has 86 valence electrons. The van der Waals surface area contributed by atoms with E-state index >= 15 is 0 Å². The summed E-state index contributed by atoms with van der Waals surface area (Å²) in [6.07, 6.45) is 3.70. The monoisotopic (exact) mass is 213 g/mol. The van der Waals surface area contributed by atoms with Crippen LogP contribution in [0.4, 0.5) is 0 Å². The number of aromatic nitrogens is 2. The number of hydrogen-bond donors (Lipinski definition) is 1. The van der Waals surface area contributed by atoms with Crippen molar-refractivity contribution >= 4 is 0 Å². The summed E-state index contributed by atoms with van der Waals surface area (Å²) in [6.45, 7) is 3.03. The Bertz CT molecular complexity index is 275. The molecule has 0 amide bonds. The first kappa shape index (κ1) is 12.2. The number of methoxy groups -OCH3 is 1. The Morgan fingerprint density at radius 2 is 2.33 bits per heavy atom. The fourth-order valence-electron chi connectivity index (χ4n) is 1.38. The lowest BCUT2D eigenvalue weighted by atomic mass is 10.4. The Balaban J connectivity index is 2.46. The number of imidazole rings is 1. The maximum atomic E-state index is 8.92. The van der Waals surface area contributed by atoms with Gasteiger partial charge in [0, 0.05) is 39.6 Å². The Labute approximate surface area is 90.3 Å². The molecule has 1 rings (SSSR count). The molecule has 0 unspecified atom stereocenters. The summed E-state index contributed by atoms with van der Waals surface area (Å²) in [6, 6.07) is 0. The van der Waals surface area contributed by atoms with Crippen LogP contribution >= 0.6 is 0 Å². The van der Waals surface area contributed by atoms with Gasteiger partial charge in [0.2, 0.25) is 0 Å². The van der Waals surface area contributed by atoms with Gasteiger partial charge >= 0.3 is 0 Å². The highest BCUT2D eigenvalue weighted by Crippen LogP contribution is 2.00. The van der Waals surface area contributed by atoms with E-state index in [9.17, 15) is 0 Å². The average Bonchev–Trinajstić information content (AvgIpc) is 2.61.